The van der Waals surface area contributed by atoms with E-state index < -0.39 is 5.67 Å². The van der Waals surface area contributed by atoms with Crippen molar-refractivity contribution in [2.24, 2.45) is 0 Å². The molecule has 2 heterocycles. The zero-order chi connectivity index (χ0) is 14.6. The Labute approximate surface area is 118 Å². The highest BCUT2D eigenvalue weighted by molar-refractivity contribution is 5.72. The predicted molar refractivity (Wildman–Crippen MR) is 75.4 cm³/mol. The van der Waals surface area contributed by atoms with E-state index in [0.717, 1.165) is 12.0 Å². The van der Waals surface area contributed by atoms with Crippen molar-refractivity contribution in [3.05, 3.63) is 18.0 Å². The molecule has 1 amide bonds. The zero-order valence-electron chi connectivity index (χ0n) is 12.0. The van der Waals surface area contributed by atoms with E-state index in [4.69, 9.17) is 0 Å². The molecule has 1 aromatic heterocycles. The van der Waals surface area contributed by atoms with Crippen LogP contribution in [0.15, 0.2) is 12.4 Å². The average molecular weight is 280 g/mol. The minimum atomic E-state index is -1.31. The van der Waals surface area contributed by atoms with Crippen LogP contribution in [0, 0.1) is 0 Å². The van der Waals surface area contributed by atoms with Crippen molar-refractivity contribution in [2.45, 2.75) is 38.8 Å². The summed E-state index contributed by atoms with van der Waals surface area (Å²) >= 11 is 0. The third-order valence-corrected chi connectivity index (χ3v) is 3.70. The fraction of sp³-hybridized carbons (Fsp3) is 0.643. The van der Waals surface area contributed by atoms with E-state index in [1.54, 1.807) is 0 Å². The number of nitrogens with one attached hydrogen (secondary N) is 1. The number of hydrogen-bond acceptors (Lipinski definition) is 4. The van der Waals surface area contributed by atoms with Crippen LogP contribution in [0.5, 0.6) is 0 Å². The molecule has 0 aliphatic carbocycles. The second-order valence-corrected chi connectivity index (χ2v) is 5.29. The van der Waals surface area contributed by atoms with Gasteiger partial charge in [0.05, 0.1) is 6.54 Å². The number of amides is 1. The highest BCUT2D eigenvalue weighted by atomic mass is 19.1. The van der Waals surface area contributed by atoms with Gasteiger partial charge in [-0.15, -0.1) is 0 Å². The Bertz CT molecular complexity index is 455. The van der Waals surface area contributed by atoms with E-state index in [9.17, 15) is 9.18 Å². The zero-order valence-corrected chi connectivity index (χ0v) is 12.0. The first kappa shape index (κ1) is 14.7. The summed E-state index contributed by atoms with van der Waals surface area (Å²) in [6.07, 6.45) is 5.30. The van der Waals surface area contributed by atoms with Gasteiger partial charge >= 0.3 is 0 Å². The molecule has 1 fully saturated rings. The summed E-state index contributed by atoms with van der Waals surface area (Å²) < 4.78 is 14.5. The summed E-state index contributed by atoms with van der Waals surface area (Å²) in [5.74, 6) is 0.465. The number of aryl methyl sites for hydroxylation is 1. The molecule has 0 unspecified atom stereocenters. The van der Waals surface area contributed by atoms with Crippen molar-refractivity contribution >= 4 is 11.9 Å². The van der Waals surface area contributed by atoms with Gasteiger partial charge in [-0.2, -0.15) is 0 Å². The van der Waals surface area contributed by atoms with E-state index in [1.165, 1.54) is 6.92 Å². The van der Waals surface area contributed by atoms with Gasteiger partial charge in [0.1, 0.15) is 5.67 Å². The summed E-state index contributed by atoms with van der Waals surface area (Å²) in [5.41, 5.74) is -0.220. The van der Waals surface area contributed by atoms with Crippen LogP contribution in [-0.2, 0) is 11.2 Å². The molecule has 0 atom stereocenters. The van der Waals surface area contributed by atoms with Crippen LogP contribution in [0.3, 0.4) is 0 Å². The second-order valence-electron chi connectivity index (χ2n) is 5.29. The van der Waals surface area contributed by atoms with Crippen LogP contribution >= 0.6 is 0 Å². The van der Waals surface area contributed by atoms with Crippen LogP contribution in [0.4, 0.5) is 10.3 Å². The lowest BCUT2D eigenvalue weighted by molar-refractivity contribution is -0.119. The van der Waals surface area contributed by atoms with Gasteiger partial charge in [-0.05, 0) is 12.0 Å². The lowest BCUT2D eigenvalue weighted by atomic mass is 9.93. The Morgan fingerprint density at radius 3 is 2.50 bits per heavy atom. The molecule has 0 saturated carbocycles. The number of hydrogen-bond donors (Lipinski definition) is 1. The molecule has 1 aliphatic heterocycles. The number of halogens is 1. The van der Waals surface area contributed by atoms with E-state index in [0.29, 0.717) is 31.9 Å². The van der Waals surface area contributed by atoms with Gasteiger partial charge in [-0.1, -0.05) is 6.92 Å². The highest BCUT2D eigenvalue weighted by Crippen LogP contribution is 2.27. The first-order valence-corrected chi connectivity index (χ1v) is 7.02. The molecule has 1 aliphatic rings. The minimum absolute atomic E-state index is 0.0891. The Morgan fingerprint density at radius 2 is 2.00 bits per heavy atom. The van der Waals surface area contributed by atoms with E-state index in [1.807, 2.05) is 17.3 Å². The summed E-state index contributed by atoms with van der Waals surface area (Å²) in [6.45, 7) is 4.69. The van der Waals surface area contributed by atoms with Crippen molar-refractivity contribution in [1.29, 1.82) is 0 Å². The average Bonchev–Trinajstić information content (AvgIpc) is 2.46. The van der Waals surface area contributed by atoms with Crippen molar-refractivity contribution < 1.29 is 9.18 Å². The smallest absolute Gasteiger partial charge is 0.225 e. The molecular weight excluding hydrogens is 259 g/mol. The van der Waals surface area contributed by atoms with Gasteiger partial charge in [0, 0.05) is 45.2 Å². The molecule has 2 rings (SSSR count). The number of nitrogens with zero attached hydrogens (tertiary/aromatic N) is 3. The van der Waals surface area contributed by atoms with Gasteiger partial charge in [-0.25, -0.2) is 14.4 Å². The largest absolute Gasteiger partial charge is 0.353 e. The molecule has 5 nitrogen and oxygen atoms in total. The van der Waals surface area contributed by atoms with Gasteiger partial charge < -0.3 is 10.2 Å². The number of carbonyl (C=O) groups excluding carboxylic acids is 1. The Hall–Kier alpha value is -1.72. The molecule has 20 heavy (non-hydrogen) atoms. The molecule has 0 aromatic carbocycles. The molecular formula is C14H21FN4O. The molecule has 1 saturated heterocycles. The first-order chi connectivity index (χ1) is 9.52. The summed E-state index contributed by atoms with van der Waals surface area (Å²) in [6, 6.07) is 0. The third kappa shape index (κ3) is 3.65. The fourth-order valence-electron chi connectivity index (χ4n) is 2.26. The summed E-state index contributed by atoms with van der Waals surface area (Å²) in [4.78, 5) is 21.5. The van der Waals surface area contributed by atoms with Gasteiger partial charge in [0.2, 0.25) is 11.9 Å². The molecule has 110 valence electrons. The molecule has 1 aromatic rings. The van der Waals surface area contributed by atoms with E-state index >= 15 is 0 Å². The number of aromatic nitrogens is 2. The number of rotatable bonds is 4. The SMILES string of the molecule is CCc1cnc(N2CCC(F)(CNC(C)=O)CC2)nc1. The van der Waals surface area contributed by atoms with Gasteiger partial charge in [0.15, 0.2) is 0 Å². The Kier molecular flexibility index (Phi) is 4.52. The number of alkyl halides is 1. The van der Waals surface area contributed by atoms with Crippen molar-refractivity contribution in [1.82, 2.24) is 15.3 Å². The maximum atomic E-state index is 14.5. The van der Waals surface area contributed by atoms with Crippen molar-refractivity contribution in [3.63, 3.8) is 0 Å². The van der Waals surface area contributed by atoms with Crippen LogP contribution in [0.2, 0.25) is 0 Å². The molecule has 6 heteroatoms. The number of piperidine rings is 1. The summed E-state index contributed by atoms with van der Waals surface area (Å²) in [5, 5.41) is 2.56. The van der Waals surface area contributed by atoms with Crippen LogP contribution in [0.1, 0.15) is 32.3 Å². The van der Waals surface area contributed by atoms with Crippen LogP contribution in [-0.4, -0.2) is 41.2 Å². The predicted octanol–water partition coefficient (Wildman–Crippen LogP) is 1.48. The minimum Gasteiger partial charge on any atom is -0.353 e. The van der Waals surface area contributed by atoms with Crippen LogP contribution in [0.25, 0.3) is 0 Å². The second kappa shape index (κ2) is 6.15. The highest BCUT2D eigenvalue weighted by Gasteiger charge is 2.35. The fourth-order valence-corrected chi connectivity index (χ4v) is 2.26. The summed E-state index contributed by atoms with van der Waals surface area (Å²) in [7, 11) is 0. The van der Waals surface area contributed by atoms with Crippen molar-refractivity contribution in [3.8, 4) is 0 Å². The first-order valence-electron chi connectivity index (χ1n) is 7.02. The van der Waals surface area contributed by atoms with Gasteiger partial charge in [0.25, 0.3) is 0 Å². The van der Waals surface area contributed by atoms with Crippen molar-refractivity contribution in [2.75, 3.05) is 24.5 Å². The molecule has 1 N–H and O–H groups in total. The lowest BCUT2D eigenvalue weighted by Crippen LogP contribution is -2.48. The Balaban J connectivity index is 1.91. The molecule has 0 spiro atoms. The maximum Gasteiger partial charge on any atom is 0.225 e. The van der Waals surface area contributed by atoms with Crippen LogP contribution < -0.4 is 10.2 Å². The Morgan fingerprint density at radius 1 is 1.40 bits per heavy atom. The molecule has 0 bridgehead atoms. The molecule has 0 radical (unpaired) electrons. The quantitative estimate of drug-likeness (QED) is 0.907. The van der Waals surface area contributed by atoms with E-state index in [-0.39, 0.29) is 12.5 Å². The normalized spacial score (nSPS) is 17.9. The maximum absolute atomic E-state index is 14.5. The number of carbonyl (C=O) groups is 1. The monoisotopic (exact) mass is 280 g/mol. The lowest BCUT2D eigenvalue weighted by Gasteiger charge is -2.36. The topological polar surface area (TPSA) is 58.1 Å². The van der Waals surface area contributed by atoms with E-state index in [2.05, 4.69) is 22.2 Å². The standard InChI is InChI=1S/C14H21FN4O/c1-3-12-8-16-13(17-9-12)19-6-4-14(15,5-7-19)10-18-11(2)20/h8-9H,3-7,10H2,1-2H3,(H,18,20). The number of anilines is 1. The third-order valence-electron chi connectivity index (χ3n) is 3.70. The van der Waals surface area contributed by atoms with Gasteiger partial charge in [-0.3, -0.25) is 4.79 Å².